The van der Waals surface area contributed by atoms with E-state index >= 15 is 0 Å². The summed E-state index contributed by atoms with van der Waals surface area (Å²) >= 11 is 0. The van der Waals surface area contributed by atoms with Crippen LogP contribution in [-0.2, 0) is 19.2 Å². The van der Waals surface area contributed by atoms with Gasteiger partial charge in [0, 0.05) is 13.1 Å². The average Bonchev–Trinajstić information content (AvgIpc) is 2.85. The summed E-state index contributed by atoms with van der Waals surface area (Å²) in [6, 6.07) is -4.14. The van der Waals surface area contributed by atoms with Gasteiger partial charge in [0.25, 0.3) is 0 Å². The van der Waals surface area contributed by atoms with E-state index in [0.717, 1.165) is 0 Å². The number of carbonyl (C=O) groups is 4. The highest BCUT2D eigenvalue weighted by molar-refractivity contribution is 5.94. The highest BCUT2D eigenvalue weighted by Crippen LogP contribution is 2.08. The second-order valence-corrected chi connectivity index (χ2v) is 9.48. The molecule has 0 fully saturated rings. The van der Waals surface area contributed by atoms with Gasteiger partial charge in [-0.25, -0.2) is 4.79 Å². The van der Waals surface area contributed by atoms with E-state index in [9.17, 15) is 24.3 Å². The lowest BCUT2D eigenvalue weighted by molar-refractivity contribution is -0.142. The van der Waals surface area contributed by atoms with Crippen molar-refractivity contribution >= 4 is 35.6 Å². The van der Waals surface area contributed by atoms with Gasteiger partial charge in [0.15, 0.2) is 11.9 Å². The molecular weight excluding hydrogens is 510 g/mol. The number of carbonyl (C=O) groups excluding carboxylic acids is 3. The predicted octanol–water partition coefficient (Wildman–Crippen LogP) is -3.26. The van der Waals surface area contributed by atoms with Gasteiger partial charge in [-0.05, 0) is 57.4 Å². The van der Waals surface area contributed by atoms with Crippen molar-refractivity contribution in [1.29, 1.82) is 0 Å². The maximum absolute atomic E-state index is 13.2. The summed E-state index contributed by atoms with van der Waals surface area (Å²) in [6.07, 6.45) is 2.58. The monoisotopic (exact) mass is 557 g/mol. The molecule has 0 saturated heterocycles. The molecule has 0 aliphatic heterocycles. The Bertz CT molecular complexity index is 842. The van der Waals surface area contributed by atoms with Crippen molar-refractivity contribution in [3.05, 3.63) is 0 Å². The Hall–Kier alpha value is -3.66. The van der Waals surface area contributed by atoms with Crippen LogP contribution in [0.2, 0.25) is 0 Å². The number of nitrogens with one attached hydrogen (secondary N) is 3. The summed E-state index contributed by atoms with van der Waals surface area (Å²) in [5.74, 6) is -3.60. The van der Waals surface area contributed by atoms with Crippen LogP contribution in [0.1, 0.15) is 58.8 Å². The molecule has 0 aromatic heterocycles. The second-order valence-electron chi connectivity index (χ2n) is 9.48. The van der Waals surface area contributed by atoms with Crippen molar-refractivity contribution in [2.45, 2.75) is 83.0 Å². The van der Waals surface area contributed by atoms with Crippen LogP contribution >= 0.6 is 0 Å². The number of carboxylic acids is 1. The summed E-state index contributed by atoms with van der Waals surface area (Å²) in [5.41, 5.74) is 32.6. The number of aliphatic carboxylic acids is 1. The third kappa shape index (κ3) is 16.0. The molecule has 0 spiro atoms. The topological polar surface area (TPSA) is 305 Å². The lowest BCUT2D eigenvalue weighted by Gasteiger charge is -2.27. The average molecular weight is 558 g/mol. The smallest absolute Gasteiger partial charge is 0.326 e. The Kier molecular flexibility index (Phi) is 17.6. The van der Waals surface area contributed by atoms with E-state index in [1.165, 1.54) is 0 Å². The molecule has 16 heteroatoms. The Morgan fingerprint density at radius 1 is 0.718 bits per heavy atom. The molecule has 0 aromatic rings. The van der Waals surface area contributed by atoms with Crippen molar-refractivity contribution in [2.24, 2.45) is 50.3 Å². The highest BCUT2D eigenvalue weighted by atomic mass is 16.4. The van der Waals surface area contributed by atoms with Gasteiger partial charge in [0.2, 0.25) is 17.7 Å². The molecule has 0 rings (SSSR count). The maximum Gasteiger partial charge on any atom is 0.326 e. The predicted molar refractivity (Wildman–Crippen MR) is 149 cm³/mol. The fraction of sp³-hybridized carbons (Fsp3) is 0.739. The molecule has 39 heavy (non-hydrogen) atoms. The van der Waals surface area contributed by atoms with Gasteiger partial charge < -0.3 is 55.5 Å². The van der Waals surface area contributed by atoms with Crippen LogP contribution in [-0.4, -0.2) is 84.5 Å². The van der Waals surface area contributed by atoms with Crippen LogP contribution in [0, 0.1) is 5.92 Å². The first kappa shape index (κ1) is 35.3. The molecule has 0 saturated carbocycles. The molecule has 0 radical (unpaired) electrons. The maximum atomic E-state index is 13.2. The van der Waals surface area contributed by atoms with Gasteiger partial charge in [0.1, 0.15) is 18.1 Å². The van der Waals surface area contributed by atoms with Gasteiger partial charge in [-0.15, -0.1) is 0 Å². The van der Waals surface area contributed by atoms with Crippen LogP contribution in [0.25, 0.3) is 0 Å². The van der Waals surface area contributed by atoms with Crippen molar-refractivity contribution in [3.63, 3.8) is 0 Å². The van der Waals surface area contributed by atoms with E-state index in [4.69, 9.17) is 34.4 Å². The largest absolute Gasteiger partial charge is 0.480 e. The molecule has 3 amide bonds. The number of guanidine groups is 2. The van der Waals surface area contributed by atoms with Crippen molar-refractivity contribution < 1.29 is 24.3 Å². The molecule has 16 nitrogen and oxygen atoms in total. The number of nitrogens with two attached hydrogens (primary N) is 6. The SMILES string of the molecule is CC(C)C(NC(=O)C(CCCCN)NC(=O)C(N)CCCN=C(N)N)C(=O)NC(CCCN=C(N)N)C(=O)O. The third-order valence-corrected chi connectivity index (χ3v) is 5.69. The second kappa shape index (κ2) is 19.4. The summed E-state index contributed by atoms with van der Waals surface area (Å²) in [5, 5.41) is 17.3. The molecule has 0 heterocycles. The molecule has 4 unspecified atom stereocenters. The van der Waals surface area contributed by atoms with E-state index in [0.29, 0.717) is 38.8 Å². The van der Waals surface area contributed by atoms with E-state index < -0.39 is 47.9 Å². The van der Waals surface area contributed by atoms with Crippen molar-refractivity contribution in [2.75, 3.05) is 19.6 Å². The molecule has 0 bridgehead atoms. The molecule has 16 N–H and O–H groups in total. The minimum Gasteiger partial charge on any atom is -0.480 e. The summed E-state index contributed by atoms with van der Waals surface area (Å²) < 4.78 is 0. The van der Waals surface area contributed by atoms with Crippen molar-refractivity contribution in [3.8, 4) is 0 Å². The Morgan fingerprint density at radius 3 is 1.72 bits per heavy atom. The molecular formula is C23H47N11O5. The van der Waals surface area contributed by atoms with Gasteiger partial charge >= 0.3 is 5.97 Å². The lowest BCUT2D eigenvalue weighted by atomic mass is 10.0. The van der Waals surface area contributed by atoms with Gasteiger partial charge in [-0.3, -0.25) is 24.4 Å². The summed E-state index contributed by atoms with van der Waals surface area (Å²) in [4.78, 5) is 58.1. The quantitative estimate of drug-likeness (QED) is 0.0402. The van der Waals surface area contributed by atoms with Gasteiger partial charge in [-0.2, -0.15) is 0 Å². The standard InChI is InChI=1S/C23H47N11O5/c1-13(2)17(20(37)33-16(21(38)39)9-6-12-31-23(28)29)34-19(36)15(8-3-4-10-24)32-18(35)14(25)7-5-11-30-22(26)27/h13-17H,3-12,24-25H2,1-2H3,(H,32,35)(H,33,37)(H,34,36)(H,38,39)(H4,26,27,30)(H4,28,29,31). The zero-order valence-corrected chi connectivity index (χ0v) is 22.9. The van der Waals surface area contributed by atoms with Crippen LogP contribution in [0.5, 0.6) is 0 Å². The van der Waals surface area contributed by atoms with Crippen LogP contribution in [0.15, 0.2) is 9.98 Å². The minimum absolute atomic E-state index is 0.0611. The summed E-state index contributed by atoms with van der Waals surface area (Å²) in [6.45, 7) is 4.32. The molecule has 224 valence electrons. The molecule has 4 atom stereocenters. The first-order valence-corrected chi connectivity index (χ1v) is 13.0. The zero-order chi connectivity index (χ0) is 30.0. The zero-order valence-electron chi connectivity index (χ0n) is 22.9. The number of nitrogens with zero attached hydrogens (tertiary/aromatic N) is 2. The van der Waals surface area contributed by atoms with E-state index in [1.807, 2.05) is 0 Å². The minimum atomic E-state index is -1.23. The Morgan fingerprint density at radius 2 is 1.23 bits per heavy atom. The Balaban J connectivity index is 5.35. The third-order valence-electron chi connectivity index (χ3n) is 5.69. The number of amides is 3. The van der Waals surface area contributed by atoms with Crippen LogP contribution in [0.4, 0.5) is 0 Å². The fourth-order valence-corrected chi connectivity index (χ4v) is 3.50. The molecule has 0 aliphatic carbocycles. The Labute approximate surface area is 229 Å². The lowest BCUT2D eigenvalue weighted by Crippen LogP contribution is -2.58. The first-order valence-electron chi connectivity index (χ1n) is 13.0. The number of hydrogen-bond acceptors (Lipinski definition) is 8. The number of hydrogen-bond donors (Lipinski definition) is 10. The number of unbranched alkanes of at least 4 members (excludes halogenated alkanes) is 1. The highest BCUT2D eigenvalue weighted by Gasteiger charge is 2.31. The molecule has 0 aromatic carbocycles. The fourth-order valence-electron chi connectivity index (χ4n) is 3.50. The number of carboxylic acid groups (broad SMARTS) is 1. The van der Waals surface area contributed by atoms with Crippen LogP contribution < -0.4 is 50.4 Å². The van der Waals surface area contributed by atoms with Crippen LogP contribution in [0.3, 0.4) is 0 Å². The normalized spacial score (nSPS) is 13.9. The van der Waals surface area contributed by atoms with Gasteiger partial charge in [0.05, 0.1) is 6.04 Å². The van der Waals surface area contributed by atoms with E-state index in [1.54, 1.807) is 13.8 Å². The van der Waals surface area contributed by atoms with E-state index in [-0.39, 0.29) is 43.6 Å². The summed E-state index contributed by atoms with van der Waals surface area (Å²) in [7, 11) is 0. The van der Waals surface area contributed by atoms with E-state index in [2.05, 4.69) is 25.9 Å². The van der Waals surface area contributed by atoms with Crippen molar-refractivity contribution in [1.82, 2.24) is 16.0 Å². The number of aliphatic imine (C=N–C) groups is 2. The molecule has 0 aliphatic rings. The number of rotatable bonds is 20. The van der Waals surface area contributed by atoms with Gasteiger partial charge in [-0.1, -0.05) is 13.8 Å². The first-order chi connectivity index (χ1) is 18.3.